The molecule has 0 spiro atoms. The van der Waals surface area contributed by atoms with E-state index in [4.69, 9.17) is 52.6 Å². The summed E-state index contributed by atoms with van der Waals surface area (Å²) in [5.74, 6) is 1.90. The molecule has 6 heterocycles. The number of anilines is 1. The molecule has 1 saturated heterocycles. The van der Waals surface area contributed by atoms with E-state index in [-0.39, 0.29) is 11.9 Å². The van der Waals surface area contributed by atoms with Crippen molar-refractivity contribution >= 4 is 56.6 Å². The van der Waals surface area contributed by atoms with Crippen molar-refractivity contribution in [2.45, 2.75) is 79.4 Å². The largest absolute Gasteiger partial charge is 0.494 e. The summed E-state index contributed by atoms with van der Waals surface area (Å²) in [6.45, 7) is 14.7. The van der Waals surface area contributed by atoms with Crippen LogP contribution in [0.3, 0.4) is 0 Å². The number of nitrogens with zero attached hydrogens (tertiary/aromatic N) is 8. The van der Waals surface area contributed by atoms with Gasteiger partial charge in [0.2, 0.25) is 0 Å². The van der Waals surface area contributed by atoms with E-state index in [9.17, 15) is 0 Å². The van der Waals surface area contributed by atoms with Crippen molar-refractivity contribution in [1.29, 1.82) is 0 Å². The molecule has 9 rings (SSSR count). The Bertz CT molecular complexity index is 2810. The number of ether oxygens (including phenoxy) is 3. The van der Waals surface area contributed by atoms with E-state index in [0.717, 1.165) is 116 Å². The minimum Gasteiger partial charge on any atom is -0.494 e. The van der Waals surface area contributed by atoms with Crippen LogP contribution in [-0.4, -0.2) is 79.7 Å². The fraction of sp³-hybridized carbons (Fsp3) is 0.417. The Labute approximate surface area is 372 Å². The second kappa shape index (κ2) is 17.2. The van der Waals surface area contributed by atoms with Crippen molar-refractivity contribution in [2.24, 2.45) is 13.0 Å². The number of fused-ring (bicyclic) bond motifs is 4. The Kier molecular flexibility index (Phi) is 11.7. The summed E-state index contributed by atoms with van der Waals surface area (Å²) >= 11 is 13.7. The summed E-state index contributed by atoms with van der Waals surface area (Å²) in [5, 5.41) is 13.0. The van der Waals surface area contributed by atoms with Gasteiger partial charge < -0.3 is 28.2 Å². The van der Waals surface area contributed by atoms with E-state index in [1.165, 1.54) is 0 Å². The Hall–Kier alpha value is -5.14. The number of hydrogen-bond acceptors (Lipinski definition) is 7. The van der Waals surface area contributed by atoms with Crippen LogP contribution in [0.2, 0.25) is 10.0 Å². The SMILES string of the molecule is COCCn1cc(N2C[C@@H](C)n3c(c(CCCOc4cc(C)c(Cl)c(C)c4)c4ccc(Cl)c(-c5c(C)nn(C)c5C)c43)C2=O)c2cc(-c3ncn(CC4CCOCC4)n3)ccc21. The van der Waals surface area contributed by atoms with Gasteiger partial charge in [-0.1, -0.05) is 29.3 Å². The van der Waals surface area contributed by atoms with E-state index < -0.39 is 0 Å². The number of amides is 1. The fourth-order valence-electron chi connectivity index (χ4n) is 9.65. The van der Waals surface area contributed by atoms with Gasteiger partial charge in [-0.05, 0) is 119 Å². The van der Waals surface area contributed by atoms with Crippen molar-refractivity contribution in [2.75, 3.05) is 45.0 Å². The average Bonchev–Trinajstić information content (AvgIpc) is 4.02. The van der Waals surface area contributed by atoms with Crippen LogP contribution < -0.4 is 9.64 Å². The third-order valence-electron chi connectivity index (χ3n) is 12.8. The summed E-state index contributed by atoms with van der Waals surface area (Å²) in [5.41, 5.74) is 11.1. The molecule has 1 fully saturated rings. The summed E-state index contributed by atoms with van der Waals surface area (Å²) in [6, 6.07) is 14.2. The van der Waals surface area contributed by atoms with Crippen molar-refractivity contribution < 1.29 is 19.0 Å². The predicted octanol–water partition coefficient (Wildman–Crippen LogP) is 10.1. The standard InChI is InChI=1S/C48H54Cl2N8O4/c1-28-21-35(22-29(2)44(28)50)62-17-8-9-36-37-11-12-39(49)43(42-31(4)52-54(6)32(42)5)45(37)58-30(3)24-57(48(59)46(36)58)41-26-55(16-20-60-7)40-13-10-34(23-38(40)41)47-51-27-56(53-47)25-33-14-18-61-19-15-33/h10-13,21-23,26-27,30,33H,8-9,14-20,24-25H2,1-7H3/t30-/m1/s1. The maximum atomic E-state index is 15.5. The molecular formula is C48H54Cl2N8O4. The predicted molar refractivity (Wildman–Crippen MR) is 246 cm³/mol. The van der Waals surface area contributed by atoms with Crippen LogP contribution in [0.15, 0.2) is 55.0 Å². The summed E-state index contributed by atoms with van der Waals surface area (Å²) in [6.07, 6.45) is 7.28. The average molecular weight is 878 g/mol. The van der Waals surface area contributed by atoms with E-state index >= 15 is 4.79 Å². The van der Waals surface area contributed by atoms with Crippen molar-refractivity contribution in [3.63, 3.8) is 0 Å². The van der Waals surface area contributed by atoms with Gasteiger partial charge in [0.15, 0.2) is 5.82 Å². The zero-order chi connectivity index (χ0) is 43.4. The highest BCUT2D eigenvalue weighted by Crippen LogP contribution is 2.46. The zero-order valence-electron chi connectivity index (χ0n) is 36.6. The number of aromatic nitrogens is 7. The first-order valence-corrected chi connectivity index (χ1v) is 22.4. The number of benzene rings is 3. The molecule has 7 aromatic rings. The van der Waals surface area contributed by atoms with Gasteiger partial charge >= 0.3 is 0 Å². The Morgan fingerprint density at radius 2 is 1.71 bits per heavy atom. The monoisotopic (exact) mass is 876 g/mol. The van der Waals surface area contributed by atoms with Gasteiger partial charge in [-0.3, -0.25) is 14.2 Å². The summed E-state index contributed by atoms with van der Waals surface area (Å²) in [4.78, 5) is 22.3. The van der Waals surface area contributed by atoms with Crippen molar-refractivity contribution in [3.05, 3.63) is 98.8 Å². The van der Waals surface area contributed by atoms with E-state index in [1.807, 2.05) is 66.6 Å². The number of carbonyl (C=O) groups is 1. The van der Waals surface area contributed by atoms with Gasteiger partial charge in [0, 0.05) is 97.4 Å². The first-order chi connectivity index (χ1) is 29.9. The molecule has 0 N–H and O–H groups in total. The first-order valence-electron chi connectivity index (χ1n) is 21.6. The Balaban J connectivity index is 1.14. The van der Waals surface area contributed by atoms with E-state index in [1.54, 1.807) is 7.11 Å². The Morgan fingerprint density at radius 3 is 2.44 bits per heavy atom. The summed E-state index contributed by atoms with van der Waals surface area (Å²) < 4.78 is 25.7. The highest BCUT2D eigenvalue weighted by Gasteiger charge is 2.38. The molecule has 12 nitrogen and oxygen atoms in total. The molecule has 0 bridgehead atoms. The van der Waals surface area contributed by atoms with Crippen LogP contribution in [0.1, 0.15) is 70.8 Å². The molecule has 3 aromatic carbocycles. The number of aryl methyl sites for hydroxylation is 5. The molecule has 2 aliphatic heterocycles. The van der Waals surface area contributed by atoms with Crippen LogP contribution >= 0.6 is 23.2 Å². The lowest BCUT2D eigenvalue weighted by atomic mass is 9.98. The van der Waals surface area contributed by atoms with Gasteiger partial charge in [-0.25, -0.2) is 4.98 Å². The number of methoxy groups -OCH3 is 1. The normalized spacial score (nSPS) is 16.0. The molecule has 4 aromatic heterocycles. The van der Waals surface area contributed by atoms with Crippen LogP contribution in [0.5, 0.6) is 5.75 Å². The van der Waals surface area contributed by atoms with Crippen LogP contribution in [0.25, 0.3) is 44.3 Å². The van der Waals surface area contributed by atoms with Gasteiger partial charge in [0.25, 0.3) is 5.91 Å². The number of hydrogen-bond donors (Lipinski definition) is 0. The van der Waals surface area contributed by atoms with Crippen LogP contribution in [0, 0.1) is 33.6 Å². The second-order valence-corrected chi connectivity index (χ2v) is 17.8. The quantitative estimate of drug-likeness (QED) is 0.106. The lowest BCUT2D eigenvalue weighted by molar-refractivity contribution is 0.0601. The fourth-order valence-corrected chi connectivity index (χ4v) is 10.0. The molecule has 14 heteroatoms. The molecule has 0 unspecified atom stereocenters. The molecule has 0 saturated carbocycles. The maximum Gasteiger partial charge on any atom is 0.275 e. The van der Waals surface area contributed by atoms with Gasteiger partial charge in [-0.2, -0.15) is 10.2 Å². The first kappa shape index (κ1) is 42.2. The van der Waals surface area contributed by atoms with E-state index in [2.05, 4.69) is 53.4 Å². The second-order valence-electron chi connectivity index (χ2n) is 17.1. The molecule has 0 aliphatic carbocycles. The van der Waals surface area contributed by atoms with Gasteiger partial charge in [0.1, 0.15) is 17.8 Å². The topological polar surface area (TPSA) is 106 Å². The minimum atomic E-state index is -0.104. The molecular weight excluding hydrogens is 823 g/mol. The number of rotatable bonds is 13. The third-order valence-corrected chi connectivity index (χ3v) is 13.7. The Morgan fingerprint density at radius 1 is 0.935 bits per heavy atom. The van der Waals surface area contributed by atoms with Gasteiger partial charge in [-0.15, -0.1) is 0 Å². The lowest BCUT2D eigenvalue weighted by Gasteiger charge is -2.34. The van der Waals surface area contributed by atoms with Crippen molar-refractivity contribution in [3.8, 4) is 28.3 Å². The smallest absolute Gasteiger partial charge is 0.275 e. The maximum absolute atomic E-state index is 15.5. The van der Waals surface area contributed by atoms with Gasteiger partial charge in [0.05, 0.1) is 40.7 Å². The van der Waals surface area contributed by atoms with Crippen molar-refractivity contribution in [1.82, 2.24) is 33.7 Å². The molecule has 62 heavy (non-hydrogen) atoms. The highest BCUT2D eigenvalue weighted by molar-refractivity contribution is 6.35. The van der Waals surface area contributed by atoms with Crippen LogP contribution in [0.4, 0.5) is 5.69 Å². The lowest BCUT2D eigenvalue weighted by Crippen LogP contribution is -2.42. The third kappa shape index (κ3) is 7.58. The molecule has 324 valence electrons. The molecule has 1 amide bonds. The molecule has 0 radical (unpaired) electrons. The number of halogens is 2. The van der Waals surface area contributed by atoms with Crippen LogP contribution in [-0.2, 0) is 36.0 Å². The van der Waals surface area contributed by atoms with E-state index in [0.29, 0.717) is 61.6 Å². The number of carbonyl (C=O) groups excluding carboxylic acids is 1. The highest BCUT2D eigenvalue weighted by atomic mass is 35.5. The minimum absolute atomic E-state index is 0.0593. The molecule has 2 aliphatic rings. The molecule has 1 atom stereocenters. The summed E-state index contributed by atoms with van der Waals surface area (Å²) in [7, 11) is 3.66. The zero-order valence-corrected chi connectivity index (χ0v) is 38.1.